The number of hydrogen-bond donors (Lipinski definition) is 2. The molecule has 7 nitrogen and oxygen atoms in total. The molecule has 0 fully saturated rings. The van der Waals surface area contributed by atoms with E-state index in [4.69, 9.17) is 19.9 Å². The summed E-state index contributed by atoms with van der Waals surface area (Å²) < 4.78 is 40.4. The summed E-state index contributed by atoms with van der Waals surface area (Å²) in [6.07, 6.45) is 0. The van der Waals surface area contributed by atoms with Gasteiger partial charge in [-0.15, -0.1) is 0 Å². The Morgan fingerprint density at radius 1 is 1.25 bits per heavy atom. The van der Waals surface area contributed by atoms with Crippen molar-refractivity contribution in [2.45, 2.75) is 0 Å². The number of hydrazine groups is 1. The summed E-state index contributed by atoms with van der Waals surface area (Å²) in [4.78, 5) is 0. The molecule has 0 heterocycles. The van der Waals surface area contributed by atoms with Crippen LogP contribution in [0, 0.1) is 0 Å². The van der Waals surface area contributed by atoms with E-state index in [9.17, 15) is 8.42 Å². The number of methoxy groups -OCH3 is 2. The van der Waals surface area contributed by atoms with Crippen molar-refractivity contribution >= 4 is 16.0 Å². The molecule has 0 unspecified atom stereocenters. The van der Waals surface area contributed by atoms with Crippen molar-refractivity contribution in [2.75, 3.05) is 18.6 Å². The van der Waals surface area contributed by atoms with Crippen LogP contribution in [0.2, 0.25) is 0 Å². The third-order valence-corrected chi connectivity index (χ3v) is 2.58. The predicted octanol–water partition coefficient (Wildman–Crippen LogP) is 0.187. The van der Waals surface area contributed by atoms with Crippen molar-refractivity contribution in [3.8, 4) is 11.5 Å². The molecule has 0 saturated carbocycles. The standard InChI is InChI=1S/C8H12N2O5S/c1-14-7-4-3-6(5-8(7)15-2)10(9)16(11,12)13/h3-5H,9H2,1-2H3,(H,11,12,13). The third kappa shape index (κ3) is 2.54. The Morgan fingerprint density at radius 3 is 2.25 bits per heavy atom. The van der Waals surface area contributed by atoms with Crippen molar-refractivity contribution in [1.82, 2.24) is 0 Å². The minimum atomic E-state index is -4.49. The zero-order chi connectivity index (χ0) is 12.3. The lowest BCUT2D eigenvalue weighted by atomic mass is 10.3. The number of nitrogens with zero attached hydrogens (tertiary/aromatic N) is 1. The average molecular weight is 248 g/mol. The highest BCUT2D eigenvalue weighted by molar-refractivity contribution is 7.87. The lowest BCUT2D eigenvalue weighted by molar-refractivity contribution is 0.355. The first-order valence-electron chi connectivity index (χ1n) is 4.14. The van der Waals surface area contributed by atoms with Crippen LogP contribution in [0.15, 0.2) is 18.2 Å². The maximum atomic E-state index is 10.8. The molecule has 0 atom stereocenters. The van der Waals surface area contributed by atoms with Gasteiger partial charge in [-0.25, -0.2) is 5.84 Å². The fourth-order valence-electron chi connectivity index (χ4n) is 1.10. The first-order chi connectivity index (χ1) is 7.40. The number of rotatable bonds is 4. The molecule has 0 aliphatic carbocycles. The highest BCUT2D eigenvalue weighted by Crippen LogP contribution is 2.31. The molecule has 1 aromatic carbocycles. The maximum Gasteiger partial charge on any atom is 0.373 e. The van der Waals surface area contributed by atoms with Gasteiger partial charge >= 0.3 is 10.3 Å². The molecule has 1 rings (SSSR count). The predicted molar refractivity (Wildman–Crippen MR) is 57.8 cm³/mol. The molecule has 1 aromatic rings. The number of benzene rings is 1. The molecule has 0 bridgehead atoms. The normalized spacial score (nSPS) is 11.0. The van der Waals surface area contributed by atoms with Gasteiger partial charge in [0.1, 0.15) is 0 Å². The van der Waals surface area contributed by atoms with E-state index in [2.05, 4.69) is 0 Å². The summed E-state index contributed by atoms with van der Waals surface area (Å²) in [6, 6.07) is 4.17. The van der Waals surface area contributed by atoms with Crippen molar-refractivity contribution in [3.63, 3.8) is 0 Å². The fourth-order valence-corrected chi connectivity index (χ4v) is 1.48. The topological polar surface area (TPSA) is 102 Å². The Balaban J connectivity index is 3.18. The van der Waals surface area contributed by atoms with Crippen LogP contribution in [0.5, 0.6) is 11.5 Å². The van der Waals surface area contributed by atoms with Gasteiger partial charge in [0.05, 0.1) is 19.9 Å². The molecule has 3 N–H and O–H groups in total. The van der Waals surface area contributed by atoms with Gasteiger partial charge in [0.15, 0.2) is 11.5 Å². The lowest BCUT2D eigenvalue weighted by Crippen LogP contribution is -2.36. The van der Waals surface area contributed by atoms with Crippen LogP contribution in [-0.2, 0) is 10.3 Å². The summed E-state index contributed by atoms with van der Waals surface area (Å²) in [7, 11) is -1.64. The van der Waals surface area contributed by atoms with Crippen LogP contribution < -0.4 is 19.7 Å². The monoisotopic (exact) mass is 248 g/mol. The molecule has 0 amide bonds. The van der Waals surface area contributed by atoms with E-state index in [1.54, 1.807) is 0 Å². The van der Waals surface area contributed by atoms with Gasteiger partial charge in [0.2, 0.25) is 0 Å². The van der Waals surface area contributed by atoms with E-state index < -0.39 is 10.3 Å². The van der Waals surface area contributed by atoms with E-state index in [1.165, 1.54) is 32.4 Å². The third-order valence-electron chi connectivity index (χ3n) is 1.87. The minimum absolute atomic E-state index is 0.0557. The van der Waals surface area contributed by atoms with Crippen LogP contribution in [0.25, 0.3) is 0 Å². The zero-order valence-corrected chi connectivity index (χ0v) is 9.56. The van der Waals surface area contributed by atoms with Gasteiger partial charge in [0, 0.05) is 6.07 Å². The van der Waals surface area contributed by atoms with Gasteiger partial charge in [-0.2, -0.15) is 12.8 Å². The zero-order valence-electron chi connectivity index (χ0n) is 8.75. The molecule has 0 radical (unpaired) electrons. The SMILES string of the molecule is COc1ccc(N(N)S(=O)(=O)O)cc1OC. The van der Waals surface area contributed by atoms with E-state index in [-0.39, 0.29) is 10.1 Å². The number of anilines is 1. The Bertz CT molecular complexity index is 473. The van der Waals surface area contributed by atoms with Gasteiger partial charge in [-0.3, -0.25) is 4.55 Å². The second-order valence-electron chi connectivity index (χ2n) is 2.81. The second kappa shape index (κ2) is 4.56. The molecule has 8 heteroatoms. The molecule has 0 spiro atoms. The smallest absolute Gasteiger partial charge is 0.373 e. The van der Waals surface area contributed by atoms with Crippen LogP contribution in [0.4, 0.5) is 5.69 Å². The summed E-state index contributed by atoms with van der Waals surface area (Å²) in [5.74, 6) is 5.92. The van der Waals surface area contributed by atoms with E-state index >= 15 is 0 Å². The maximum absolute atomic E-state index is 10.8. The summed E-state index contributed by atoms with van der Waals surface area (Å²) in [5, 5.41) is 0. The molecule has 90 valence electrons. The molecular weight excluding hydrogens is 236 g/mol. The van der Waals surface area contributed by atoms with Crippen molar-refractivity contribution < 1.29 is 22.4 Å². The molecular formula is C8H12N2O5S. The Labute approximate surface area is 93.2 Å². The molecule has 0 aliphatic heterocycles. The van der Waals surface area contributed by atoms with Gasteiger partial charge in [-0.1, -0.05) is 0 Å². The number of hydrogen-bond acceptors (Lipinski definition) is 5. The van der Waals surface area contributed by atoms with E-state index in [1.807, 2.05) is 0 Å². The Kier molecular flexibility index (Phi) is 3.58. The lowest BCUT2D eigenvalue weighted by Gasteiger charge is -2.16. The van der Waals surface area contributed by atoms with Crippen LogP contribution >= 0.6 is 0 Å². The largest absolute Gasteiger partial charge is 0.493 e. The van der Waals surface area contributed by atoms with Crippen molar-refractivity contribution in [3.05, 3.63) is 18.2 Å². The quantitative estimate of drug-likeness (QED) is 0.448. The van der Waals surface area contributed by atoms with Crippen molar-refractivity contribution in [1.29, 1.82) is 0 Å². The number of ether oxygens (including phenoxy) is 2. The van der Waals surface area contributed by atoms with Gasteiger partial charge in [0.25, 0.3) is 0 Å². The van der Waals surface area contributed by atoms with E-state index in [0.717, 1.165) is 0 Å². The van der Waals surface area contributed by atoms with Gasteiger partial charge < -0.3 is 9.47 Å². The molecule has 0 saturated heterocycles. The number of nitrogens with two attached hydrogens (primary N) is 1. The molecule has 0 aromatic heterocycles. The Hall–Kier alpha value is -1.51. The highest BCUT2D eigenvalue weighted by atomic mass is 32.2. The average Bonchev–Trinajstić information content (AvgIpc) is 2.25. The first-order valence-corrected chi connectivity index (χ1v) is 5.54. The summed E-state index contributed by atoms with van der Waals surface area (Å²) >= 11 is 0. The summed E-state index contributed by atoms with van der Waals surface area (Å²) in [5.41, 5.74) is 0.0557. The fraction of sp³-hybridized carbons (Fsp3) is 0.250. The highest BCUT2D eigenvalue weighted by Gasteiger charge is 2.17. The van der Waals surface area contributed by atoms with Crippen LogP contribution in [-0.4, -0.2) is 27.2 Å². The van der Waals surface area contributed by atoms with Crippen LogP contribution in [0.3, 0.4) is 0 Å². The van der Waals surface area contributed by atoms with Crippen LogP contribution in [0.1, 0.15) is 0 Å². The summed E-state index contributed by atoms with van der Waals surface area (Å²) in [6.45, 7) is 0. The van der Waals surface area contributed by atoms with Crippen molar-refractivity contribution in [2.24, 2.45) is 5.84 Å². The van der Waals surface area contributed by atoms with Gasteiger partial charge in [-0.05, 0) is 12.1 Å². The molecule has 0 aliphatic rings. The minimum Gasteiger partial charge on any atom is -0.493 e. The molecule has 16 heavy (non-hydrogen) atoms. The second-order valence-corrected chi connectivity index (χ2v) is 4.10. The first kappa shape index (κ1) is 12.6. The Morgan fingerprint density at radius 2 is 1.81 bits per heavy atom. The van der Waals surface area contributed by atoms with E-state index in [0.29, 0.717) is 11.5 Å².